The van der Waals surface area contributed by atoms with Crippen molar-refractivity contribution in [3.8, 4) is 5.75 Å². The van der Waals surface area contributed by atoms with Gasteiger partial charge in [0.1, 0.15) is 17.4 Å². The Hall–Kier alpha value is -4.12. The van der Waals surface area contributed by atoms with E-state index in [-0.39, 0.29) is 24.2 Å². The number of benzene rings is 2. The molecule has 34 heavy (non-hydrogen) atoms. The van der Waals surface area contributed by atoms with Crippen LogP contribution in [0.4, 0.5) is 4.79 Å². The van der Waals surface area contributed by atoms with Crippen molar-refractivity contribution in [2.24, 2.45) is 0 Å². The molecule has 2 unspecified atom stereocenters. The second-order valence-electron chi connectivity index (χ2n) is 7.29. The number of rotatable bonds is 12. The standard InChI is InChI=1S/C23H26N2O9/c1-33-23(32)25-18(11-14-5-3-2-4-6-14)21(29)24-16(12-26)9-15-7-8-19(34-13-20(27)28)17(10-15)22(30)31/h2-8,10,16,18,26H,9,11-13H2,1H3,(H,24,29)(H,25,32)(H,27,28)(H,30,31). The summed E-state index contributed by atoms with van der Waals surface area (Å²) in [6.07, 6.45) is -0.545. The van der Waals surface area contributed by atoms with Crippen LogP contribution >= 0.6 is 0 Å². The molecule has 0 heterocycles. The van der Waals surface area contributed by atoms with E-state index in [1.807, 2.05) is 6.07 Å². The van der Waals surface area contributed by atoms with Crippen molar-refractivity contribution < 1.29 is 44.0 Å². The molecule has 0 aliphatic rings. The Morgan fingerprint density at radius 1 is 0.941 bits per heavy atom. The molecule has 182 valence electrons. The minimum atomic E-state index is -1.32. The number of carboxylic acids is 2. The molecule has 2 aromatic carbocycles. The molecule has 0 saturated carbocycles. The molecular weight excluding hydrogens is 448 g/mol. The van der Waals surface area contributed by atoms with Crippen LogP contribution in [0.25, 0.3) is 0 Å². The monoisotopic (exact) mass is 474 g/mol. The predicted octanol–water partition coefficient (Wildman–Crippen LogP) is 0.835. The van der Waals surface area contributed by atoms with E-state index in [2.05, 4.69) is 15.4 Å². The van der Waals surface area contributed by atoms with Gasteiger partial charge in [0.15, 0.2) is 6.61 Å². The van der Waals surface area contributed by atoms with Crippen LogP contribution in [0, 0.1) is 0 Å². The number of carbonyl (C=O) groups is 4. The van der Waals surface area contributed by atoms with Crippen LogP contribution in [0.3, 0.4) is 0 Å². The molecule has 2 atom stereocenters. The molecule has 11 nitrogen and oxygen atoms in total. The third kappa shape index (κ3) is 8.10. The van der Waals surface area contributed by atoms with E-state index < -0.39 is 49.2 Å². The highest BCUT2D eigenvalue weighted by atomic mass is 16.5. The summed E-state index contributed by atoms with van der Waals surface area (Å²) in [6, 6.07) is 11.3. The van der Waals surface area contributed by atoms with E-state index in [0.29, 0.717) is 5.56 Å². The molecule has 0 saturated heterocycles. The summed E-state index contributed by atoms with van der Waals surface area (Å²) >= 11 is 0. The van der Waals surface area contributed by atoms with Crippen molar-refractivity contribution in [1.29, 1.82) is 0 Å². The Bertz CT molecular complexity index is 1010. The largest absolute Gasteiger partial charge is 0.481 e. The number of alkyl carbamates (subject to hydrolysis) is 1. The Kier molecular flexibility index (Phi) is 9.84. The molecule has 0 aliphatic heterocycles. The van der Waals surface area contributed by atoms with Gasteiger partial charge < -0.3 is 35.4 Å². The smallest absolute Gasteiger partial charge is 0.407 e. The number of carboxylic acid groups (broad SMARTS) is 2. The lowest BCUT2D eigenvalue weighted by Crippen LogP contribution is -2.52. The Labute approximate surface area is 195 Å². The van der Waals surface area contributed by atoms with Crippen molar-refractivity contribution in [2.45, 2.75) is 24.9 Å². The summed E-state index contributed by atoms with van der Waals surface area (Å²) in [7, 11) is 1.17. The van der Waals surface area contributed by atoms with Gasteiger partial charge >= 0.3 is 18.0 Å². The zero-order valence-electron chi connectivity index (χ0n) is 18.4. The predicted molar refractivity (Wildman–Crippen MR) is 119 cm³/mol. The molecule has 2 amide bonds. The lowest BCUT2D eigenvalue weighted by atomic mass is 10.0. The summed E-state index contributed by atoms with van der Waals surface area (Å²) < 4.78 is 9.59. The van der Waals surface area contributed by atoms with Crippen LogP contribution in [-0.4, -0.2) is 71.7 Å². The Balaban J connectivity index is 2.14. The van der Waals surface area contributed by atoms with E-state index >= 15 is 0 Å². The molecule has 0 aliphatic carbocycles. The fourth-order valence-electron chi connectivity index (χ4n) is 3.14. The number of nitrogens with one attached hydrogen (secondary N) is 2. The molecule has 2 aromatic rings. The van der Waals surface area contributed by atoms with Crippen molar-refractivity contribution in [1.82, 2.24) is 10.6 Å². The average molecular weight is 474 g/mol. The summed E-state index contributed by atoms with van der Waals surface area (Å²) in [6.45, 7) is -1.16. The normalized spacial score (nSPS) is 12.2. The summed E-state index contributed by atoms with van der Waals surface area (Å²) in [5.41, 5.74) is 0.999. The maximum atomic E-state index is 12.9. The molecular formula is C23H26N2O9. The van der Waals surface area contributed by atoms with E-state index in [4.69, 9.17) is 9.84 Å². The van der Waals surface area contributed by atoms with Crippen LogP contribution in [0.5, 0.6) is 5.75 Å². The maximum Gasteiger partial charge on any atom is 0.407 e. The quantitative estimate of drug-likeness (QED) is 0.299. The van der Waals surface area contributed by atoms with E-state index in [1.54, 1.807) is 24.3 Å². The first-order valence-corrected chi connectivity index (χ1v) is 10.2. The first kappa shape index (κ1) is 26.1. The van der Waals surface area contributed by atoms with Gasteiger partial charge in [-0.3, -0.25) is 4.79 Å². The molecule has 0 spiro atoms. The topological polar surface area (TPSA) is 171 Å². The lowest BCUT2D eigenvalue weighted by molar-refractivity contribution is -0.139. The molecule has 0 fully saturated rings. The van der Waals surface area contributed by atoms with Crippen molar-refractivity contribution in [2.75, 3.05) is 20.3 Å². The summed E-state index contributed by atoms with van der Waals surface area (Å²) in [5, 5.41) is 33.0. The first-order chi connectivity index (χ1) is 16.2. The molecule has 0 radical (unpaired) electrons. The second kappa shape index (κ2) is 12.8. The van der Waals surface area contributed by atoms with E-state index in [0.717, 1.165) is 5.56 Å². The highest BCUT2D eigenvalue weighted by molar-refractivity contribution is 5.91. The zero-order valence-corrected chi connectivity index (χ0v) is 18.4. The molecule has 5 N–H and O–H groups in total. The summed E-state index contributed by atoms with van der Waals surface area (Å²) in [5.74, 6) is -3.26. The zero-order chi connectivity index (χ0) is 25.1. The molecule has 0 aromatic heterocycles. The van der Waals surface area contributed by atoms with Gasteiger partial charge in [0.2, 0.25) is 5.91 Å². The molecule has 2 rings (SSSR count). The van der Waals surface area contributed by atoms with Crippen LogP contribution in [-0.2, 0) is 27.2 Å². The van der Waals surface area contributed by atoms with Gasteiger partial charge in [0.25, 0.3) is 0 Å². The number of amides is 2. The Morgan fingerprint density at radius 2 is 1.65 bits per heavy atom. The number of methoxy groups -OCH3 is 1. The van der Waals surface area contributed by atoms with Crippen LogP contribution in [0.1, 0.15) is 21.5 Å². The van der Waals surface area contributed by atoms with Crippen molar-refractivity contribution in [3.63, 3.8) is 0 Å². The number of aromatic carboxylic acids is 1. The summed E-state index contributed by atoms with van der Waals surface area (Å²) in [4.78, 5) is 46.8. The van der Waals surface area contributed by atoms with Crippen molar-refractivity contribution >= 4 is 23.9 Å². The van der Waals surface area contributed by atoms with Gasteiger partial charge in [-0.2, -0.15) is 0 Å². The van der Waals surface area contributed by atoms with Gasteiger partial charge in [-0.05, 0) is 29.7 Å². The van der Waals surface area contributed by atoms with Gasteiger partial charge in [-0.25, -0.2) is 14.4 Å². The number of aliphatic hydroxyl groups is 1. The Morgan fingerprint density at radius 3 is 2.24 bits per heavy atom. The minimum Gasteiger partial charge on any atom is -0.481 e. The second-order valence-corrected chi connectivity index (χ2v) is 7.29. The van der Waals surface area contributed by atoms with Gasteiger partial charge in [-0.15, -0.1) is 0 Å². The number of hydrogen-bond acceptors (Lipinski definition) is 7. The number of ether oxygens (including phenoxy) is 2. The number of hydrogen-bond donors (Lipinski definition) is 5. The molecule has 0 bridgehead atoms. The lowest BCUT2D eigenvalue weighted by Gasteiger charge is -2.22. The number of aliphatic hydroxyl groups excluding tert-OH is 1. The molecule has 11 heteroatoms. The average Bonchev–Trinajstić information content (AvgIpc) is 2.82. The first-order valence-electron chi connectivity index (χ1n) is 10.2. The minimum absolute atomic E-state index is 0.0675. The fourth-order valence-corrected chi connectivity index (χ4v) is 3.14. The highest BCUT2D eigenvalue weighted by Crippen LogP contribution is 2.21. The number of carbonyl (C=O) groups excluding carboxylic acids is 2. The van der Waals surface area contributed by atoms with Crippen LogP contribution < -0.4 is 15.4 Å². The van der Waals surface area contributed by atoms with Crippen LogP contribution in [0.2, 0.25) is 0 Å². The maximum absolute atomic E-state index is 12.9. The van der Waals surface area contributed by atoms with Crippen molar-refractivity contribution in [3.05, 3.63) is 65.2 Å². The van der Waals surface area contributed by atoms with Gasteiger partial charge in [0.05, 0.1) is 19.8 Å². The SMILES string of the molecule is COC(=O)NC(Cc1ccccc1)C(=O)NC(CO)Cc1ccc(OCC(=O)O)c(C(=O)O)c1. The highest BCUT2D eigenvalue weighted by Gasteiger charge is 2.24. The number of aliphatic carboxylic acids is 1. The van der Waals surface area contributed by atoms with E-state index in [1.165, 1.54) is 25.3 Å². The van der Waals surface area contributed by atoms with Gasteiger partial charge in [0, 0.05) is 6.42 Å². The fraction of sp³-hybridized carbons (Fsp3) is 0.304. The third-order valence-electron chi connectivity index (χ3n) is 4.75. The van der Waals surface area contributed by atoms with Crippen LogP contribution in [0.15, 0.2) is 48.5 Å². The third-order valence-corrected chi connectivity index (χ3v) is 4.75. The van der Waals surface area contributed by atoms with E-state index in [9.17, 15) is 29.4 Å². The van der Waals surface area contributed by atoms with Gasteiger partial charge in [-0.1, -0.05) is 36.4 Å².